The minimum absolute atomic E-state index is 1.24. The van der Waals surface area contributed by atoms with Crippen molar-refractivity contribution in [3.63, 3.8) is 0 Å². The van der Waals surface area contributed by atoms with Gasteiger partial charge in [-0.2, -0.15) is 0 Å². The Hall–Kier alpha value is -5.50. The van der Waals surface area contributed by atoms with Crippen LogP contribution < -0.4 is 0 Å². The zero-order chi connectivity index (χ0) is 29.7. The first-order valence-electron chi connectivity index (χ1n) is 15.4. The molecule has 1 heteroatoms. The first-order chi connectivity index (χ1) is 22.3. The lowest BCUT2D eigenvalue weighted by Gasteiger charge is -2.15. The van der Waals surface area contributed by atoms with E-state index in [9.17, 15) is 0 Å². The summed E-state index contributed by atoms with van der Waals surface area (Å²) in [6.45, 7) is 0. The van der Waals surface area contributed by atoms with Gasteiger partial charge in [-0.3, -0.25) is 0 Å². The van der Waals surface area contributed by atoms with Crippen molar-refractivity contribution < 1.29 is 0 Å². The second-order valence-electron chi connectivity index (χ2n) is 11.7. The average Bonchev–Trinajstić information content (AvgIpc) is 3.51. The summed E-state index contributed by atoms with van der Waals surface area (Å²) in [7, 11) is 0. The molecule has 0 radical (unpaired) electrons. The molecule has 0 bridgehead atoms. The third-order valence-corrected chi connectivity index (χ3v) is 10.3. The van der Waals surface area contributed by atoms with Crippen molar-refractivity contribution in [2.75, 3.05) is 0 Å². The van der Waals surface area contributed by atoms with E-state index in [1.807, 2.05) is 11.3 Å². The summed E-state index contributed by atoms with van der Waals surface area (Å²) in [4.78, 5) is 0. The lowest BCUT2D eigenvalue weighted by atomic mass is 9.89. The summed E-state index contributed by atoms with van der Waals surface area (Å²) < 4.78 is 2.69. The summed E-state index contributed by atoms with van der Waals surface area (Å²) in [6.07, 6.45) is 0. The molecule has 0 atom stereocenters. The summed E-state index contributed by atoms with van der Waals surface area (Å²) in [5.41, 5.74) is 10.0. The lowest BCUT2D eigenvalue weighted by Crippen LogP contribution is -1.88. The van der Waals surface area contributed by atoms with Gasteiger partial charge in [-0.1, -0.05) is 152 Å². The second kappa shape index (κ2) is 10.6. The van der Waals surface area contributed by atoms with Crippen LogP contribution in [-0.2, 0) is 0 Å². The quantitative estimate of drug-likeness (QED) is 0.179. The monoisotopic (exact) mass is 588 g/mol. The molecule has 0 spiro atoms. The molecular formula is C44H28S. The number of thiophene rings is 1. The minimum atomic E-state index is 1.24. The van der Waals surface area contributed by atoms with E-state index >= 15 is 0 Å². The third-order valence-electron chi connectivity index (χ3n) is 9.09. The first-order valence-corrected chi connectivity index (χ1v) is 16.2. The highest BCUT2D eigenvalue weighted by atomic mass is 32.1. The topological polar surface area (TPSA) is 0 Å². The van der Waals surface area contributed by atoms with Crippen LogP contribution in [0.2, 0.25) is 0 Å². The van der Waals surface area contributed by atoms with Gasteiger partial charge in [0.05, 0.1) is 0 Å². The fourth-order valence-electron chi connectivity index (χ4n) is 6.92. The summed E-state index contributed by atoms with van der Waals surface area (Å²) >= 11 is 1.89. The lowest BCUT2D eigenvalue weighted by molar-refractivity contribution is 1.59. The molecule has 1 aromatic heterocycles. The summed E-state index contributed by atoms with van der Waals surface area (Å²) in [6, 6.07) is 62.1. The number of hydrogen-bond acceptors (Lipinski definition) is 1. The number of benzene rings is 8. The molecule has 8 aromatic carbocycles. The zero-order valence-electron chi connectivity index (χ0n) is 24.6. The van der Waals surface area contributed by atoms with Crippen LogP contribution in [-0.4, -0.2) is 0 Å². The Labute approximate surface area is 266 Å². The van der Waals surface area contributed by atoms with Crippen LogP contribution in [0.15, 0.2) is 170 Å². The largest absolute Gasteiger partial charge is 0.135 e. The molecular weight excluding hydrogens is 561 g/mol. The fraction of sp³-hybridized carbons (Fsp3) is 0. The standard InChI is InChI=1S/C44H28S/c1-2-11-29(12-3-1)34-13-4-5-14-35(34)32-25-26-33-28-41(37-15-6-7-16-38(37)42(33)27-32)31-23-21-30(22-24-31)36-18-10-19-40-39-17-8-9-20-43(39)45-44(36)40/h1-28H. The Balaban J connectivity index is 1.16. The zero-order valence-corrected chi connectivity index (χ0v) is 25.4. The van der Waals surface area contributed by atoms with E-state index in [4.69, 9.17) is 0 Å². The maximum absolute atomic E-state index is 2.37. The molecule has 1 heterocycles. The molecule has 45 heavy (non-hydrogen) atoms. The molecule has 0 amide bonds. The van der Waals surface area contributed by atoms with E-state index in [2.05, 4.69) is 170 Å². The van der Waals surface area contributed by atoms with Crippen molar-refractivity contribution in [3.05, 3.63) is 170 Å². The maximum atomic E-state index is 2.37. The van der Waals surface area contributed by atoms with Crippen LogP contribution in [0, 0.1) is 0 Å². The van der Waals surface area contributed by atoms with Gasteiger partial charge in [0.25, 0.3) is 0 Å². The summed E-state index contributed by atoms with van der Waals surface area (Å²) in [5.74, 6) is 0. The SMILES string of the molecule is c1ccc(-c2ccccc2-c2ccc3cc(-c4ccc(-c5cccc6c5sc5ccccc56)cc4)c4ccccc4c3c2)cc1. The molecule has 0 unspecified atom stereocenters. The van der Waals surface area contributed by atoms with Crippen molar-refractivity contribution >= 4 is 53.1 Å². The van der Waals surface area contributed by atoms with Crippen molar-refractivity contribution in [2.24, 2.45) is 0 Å². The van der Waals surface area contributed by atoms with E-state index in [0.717, 1.165) is 0 Å². The highest BCUT2D eigenvalue weighted by molar-refractivity contribution is 7.26. The minimum Gasteiger partial charge on any atom is -0.135 e. The number of fused-ring (bicyclic) bond motifs is 6. The van der Waals surface area contributed by atoms with Crippen molar-refractivity contribution in [1.29, 1.82) is 0 Å². The first kappa shape index (κ1) is 25.9. The van der Waals surface area contributed by atoms with Gasteiger partial charge < -0.3 is 0 Å². The third kappa shape index (κ3) is 4.36. The molecule has 9 rings (SSSR count). The van der Waals surface area contributed by atoms with Crippen molar-refractivity contribution in [3.8, 4) is 44.5 Å². The normalized spacial score (nSPS) is 11.6. The van der Waals surface area contributed by atoms with Gasteiger partial charge in [-0.25, -0.2) is 0 Å². The van der Waals surface area contributed by atoms with Crippen LogP contribution in [0.4, 0.5) is 0 Å². The molecule has 0 N–H and O–H groups in total. The molecule has 0 aliphatic carbocycles. The van der Waals surface area contributed by atoms with E-state index in [-0.39, 0.29) is 0 Å². The van der Waals surface area contributed by atoms with E-state index in [1.54, 1.807) is 0 Å². The van der Waals surface area contributed by atoms with Gasteiger partial charge in [-0.05, 0) is 84.3 Å². The van der Waals surface area contributed by atoms with E-state index in [1.165, 1.54) is 86.2 Å². The second-order valence-corrected chi connectivity index (χ2v) is 12.7. The summed E-state index contributed by atoms with van der Waals surface area (Å²) in [5, 5.41) is 7.77. The molecule has 210 valence electrons. The van der Waals surface area contributed by atoms with Crippen LogP contribution >= 0.6 is 11.3 Å². The average molecular weight is 589 g/mol. The van der Waals surface area contributed by atoms with Crippen LogP contribution in [0.3, 0.4) is 0 Å². The van der Waals surface area contributed by atoms with Gasteiger partial charge in [0.15, 0.2) is 0 Å². The Bertz CT molecular complexity index is 2520. The molecule has 9 aromatic rings. The Morgan fingerprint density at radius 1 is 0.289 bits per heavy atom. The molecule has 0 saturated carbocycles. The predicted octanol–water partition coefficient (Wildman–Crippen LogP) is 13.0. The van der Waals surface area contributed by atoms with Crippen molar-refractivity contribution in [1.82, 2.24) is 0 Å². The molecule has 0 saturated heterocycles. The van der Waals surface area contributed by atoms with Crippen molar-refractivity contribution in [2.45, 2.75) is 0 Å². The highest BCUT2D eigenvalue weighted by Crippen LogP contribution is 2.42. The molecule has 0 nitrogen and oxygen atoms in total. The molecule has 0 aliphatic rings. The number of rotatable bonds is 4. The Morgan fingerprint density at radius 3 is 1.64 bits per heavy atom. The Kier molecular flexibility index (Phi) is 6.11. The van der Waals surface area contributed by atoms with E-state index in [0.29, 0.717) is 0 Å². The van der Waals surface area contributed by atoms with Gasteiger partial charge in [0, 0.05) is 20.2 Å². The number of hydrogen-bond donors (Lipinski definition) is 0. The van der Waals surface area contributed by atoms with Gasteiger partial charge in [0.1, 0.15) is 0 Å². The Morgan fingerprint density at radius 2 is 0.844 bits per heavy atom. The molecule has 0 fully saturated rings. The maximum Gasteiger partial charge on any atom is 0.0433 e. The van der Waals surface area contributed by atoms with Gasteiger partial charge >= 0.3 is 0 Å². The predicted molar refractivity (Wildman–Crippen MR) is 196 cm³/mol. The van der Waals surface area contributed by atoms with Crippen LogP contribution in [0.25, 0.3) is 86.2 Å². The highest BCUT2D eigenvalue weighted by Gasteiger charge is 2.14. The molecule has 0 aliphatic heterocycles. The fourth-order valence-corrected chi connectivity index (χ4v) is 8.15. The van der Waals surface area contributed by atoms with Gasteiger partial charge in [-0.15, -0.1) is 11.3 Å². The van der Waals surface area contributed by atoms with Crippen LogP contribution in [0.1, 0.15) is 0 Å². The van der Waals surface area contributed by atoms with Crippen LogP contribution in [0.5, 0.6) is 0 Å². The van der Waals surface area contributed by atoms with Gasteiger partial charge in [0.2, 0.25) is 0 Å². The smallest absolute Gasteiger partial charge is 0.0433 e. The van der Waals surface area contributed by atoms with E-state index < -0.39 is 0 Å².